The summed E-state index contributed by atoms with van der Waals surface area (Å²) in [5, 5.41) is 6.67. The van der Waals surface area contributed by atoms with Crippen LogP contribution in [0.1, 0.15) is 25.3 Å². The van der Waals surface area contributed by atoms with Crippen molar-refractivity contribution in [2.75, 3.05) is 39.5 Å². The molecule has 0 aromatic heterocycles. The second-order valence-corrected chi connectivity index (χ2v) is 7.34. The number of benzene rings is 2. The average molecular weight is 539 g/mol. The maximum atomic E-state index is 5.91. The summed E-state index contributed by atoms with van der Waals surface area (Å²) in [5.74, 6) is 3.03. The second kappa shape index (κ2) is 15.0. The molecule has 1 atom stereocenters. The number of hydrogen-bond donors (Lipinski definition) is 2. The van der Waals surface area contributed by atoms with E-state index in [4.69, 9.17) is 19.2 Å². The fourth-order valence-corrected chi connectivity index (χ4v) is 3.19. The summed E-state index contributed by atoms with van der Waals surface area (Å²) in [6.07, 6.45) is 2.06. The summed E-state index contributed by atoms with van der Waals surface area (Å²) >= 11 is 0. The molecule has 1 aliphatic rings. The molecule has 0 bridgehead atoms. The first-order valence-corrected chi connectivity index (χ1v) is 10.8. The summed E-state index contributed by atoms with van der Waals surface area (Å²) in [5.41, 5.74) is 1.10. The molecule has 0 amide bonds. The van der Waals surface area contributed by atoms with Gasteiger partial charge in [-0.15, -0.1) is 24.0 Å². The summed E-state index contributed by atoms with van der Waals surface area (Å²) in [6.45, 7) is 7.56. The van der Waals surface area contributed by atoms with Crippen LogP contribution in [0.2, 0.25) is 0 Å². The highest BCUT2D eigenvalue weighted by Gasteiger charge is 2.15. The number of hydrogen-bond acceptors (Lipinski definition) is 4. The third-order valence-corrected chi connectivity index (χ3v) is 4.78. The molecule has 1 saturated heterocycles. The van der Waals surface area contributed by atoms with Gasteiger partial charge in [-0.05, 0) is 49.6 Å². The molecule has 3 rings (SSSR count). The van der Waals surface area contributed by atoms with E-state index in [9.17, 15) is 0 Å². The van der Waals surface area contributed by atoms with Crippen LogP contribution in [0.5, 0.6) is 11.5 Å². The van der Waals surface area contributed by atoms with Gasteiger partial charge < -0.3 is 24.8 Å². The van der Waals surface area contributed by atoms with E-state index in [1.54, 1.807) is 0 Å². The molecule has 6 nitrogen and oxygen atoms in total. The van der Waals surface area contributed by atoms with Crippen LogP contribution in [-0.2, 0) is 16.0 Å². The molecule has 2 N–H and O–H groups in total. The van der Waals surface area contributed by atoms with Crippen molar-refractivity contribution in [3.05, 3.63) is 60.2 Å². The minimum absolute atomic E-state index is 0. The lowest BCUT2D eigenvalue weighted by Gasteiger charge is -2.12. The number of nitrogens with zero attached hydrogens (tertiary/aromatic N) is 1. The highest BCUT2D eigenvalue weighted by atomic mass is 127. The van der Waals surface area contributed by atoms with E-state index in [2.05, 4.69) is 23.6 Å². The molecule has 0 aliphatic carbocycles. The minimum Gasteiger partial charge on any atom is -0.457 e. The lowest BCUT2D eigenvalue weighted by Crippen LogP contribution is -2.38. The van der Waals surface area contributed by atoms with Gasteiger partial charge in [0.15, 0.2) is 5.96 Å². The van der Waals surface area contributed by atoms with Crippen molar-refractivity contribution in [1.29, 1.82) is 0 Å². The van der Waals surface area contributed by atoms with E-state index < -0.39 is 0 Å². The molecule has 0 saturated carbocycles. The van der Waals surface area contributed by atoms with Gasteiger partial charge in [-0.25, -0.2) is 4.99 Å². The van der Waals surface area contributed by atoms with Crippen LogP contribution >= 0.6 is 24.0 Å². The lowest BCUT2D eigenvalue weighted by molar-refractivity contribution is 0.0888. The molecule has 7 heteroatoms. The summed E-state index contributed by atoms with van der Waals surface area (Å²) < 4.78 is 17.0. The molecule has 31 heavy (non-hydrogen) atoms. The Kier molecular flexibility index (Phi) is 12.3. The molecule has 1 unspecified atom stereocenters. The van der Waals surface area contributed by atoms with Crippen molar-refractivity contribution in [3.8, 4) is 11.5 Å². The van der Waals surface area contributed by atoms with Crippen molar-refractivity contribution in [3.63, 3.8) is 0 Å². The van der Waals surface area contributed by atoms with Crippen LogP contribution in [0.4, 0.5) is 0 Å². The lowest BCUT2D eigenvalue weighted by atomic mass is 10.1. The van der Waals surface area contributed by atoms with E-state index in [1.807, 2.05) is 48.5 Å². The van der Waals surface area contributed by atoms with E-state index in [1.165, 1.54) is 0 Å². The molecule has 2 aromatic carbocycles. The highest BCUT2D eigenvalue weighted by molar-refractivity contribution is 14.0. The van der Waals surface area contributed by atoms with E-state index in [0.717, 1.165) is 75.4 Å². The molecule has 1 fully saturated rings. The van der Waals surface area contributed by atoms with Gasteiger partial charge in [0, 0.05) is 32.2 Å². The molecule has 1 heterocycles. The van der Waals surface area contributed by atoms with Crippen LogP contribution in [-0.4, -0.2) is 45.5 Å². The third-order valence-electron chi connectivity index (χ3n) is 4.78. The molecule has 170 valence electrons. The Hall–Kier alpha value is -1.84. The van der Waals surface area contributed by atoms with E-state index in [0.29, 0.717) is 12.5 Å². The third kappa shape index (κ3) is 9.88. The van der Waals surface area contributed by atoms with Crippen LogP contribution in [0.25, 0.3) is 0 Å². The Labute approximate surface area is 202 Å². The standard InChI is InChI=1S/C24H33N3O3.HI/c1-2-25-24(26-13-7-14-28-18-21-12-15-29-19-21)27-17-20-8-6-11-23(16-20)30-22-9-4-3-5-10-22;/h3-6,8-11,16,21H,2,7,12-15,17-19H2,1H3,(H2,25,26,27);1H. The minimum atomic E-state index is 0. The topological polar surface area (TPSA) is 64.1 Å². The van der Waals surface area contributed by atoms with Crippen molar-refractivity contribution < 1.29 is 14.2 Å². The Morgan fingerprint density at radius 1 is 1.10 bits per heavy atom. The first-order chi connectivity index (χ1) is 14.8. The van der Waals surface area contributed by atoms with Gasteiger partial charge in [0.25, 0.3) is 0 Å². The Morgan fingerprint density at radius 3 is 2.71 bits per heavy atom. The number of aliphatic imine (C=N–C) groups is 1. The number of nitrogens with one attached hydrogen (secondary N) is 2. The molecule has 0 radical (unpaired) electrons. The quantitative estimate of drug-likeness (QED) is 0.189. The SMILES string of the molecule is CCNC(=NCc1cccc(Oc2ccccc2)c1)NCCCOCC1CCOC1.I. The van der Waals surface area contributed by atoms with Crippen LogP contribution < -0.4 is 15.4 Å². The van der Waals surface area contributed by atoms with Crippen molar-refractivity contribution in [2.24, 2.45) is 10.9 Å². The zero-order valence-electron chi connectivity index (χ0n) is 18.2. The molecule has 1 aliphatic heterocycles. The maximum Gasteiger partial charge on any atom is 0.191 e. The number of halogens is 1. The molecular weight excluding hydrogens is 505 g/mol. The van der Waals surface area contributed by atoms with Crippen molar-refractivity contribution in [2.45, 2.75) is 26.3 Å². The normalized spacial score (nSPS) is 15.9. The zero-order valence-corrected chi connectivity index (χ0v) is 20.5. The Morgan fingerprint density at radius 2 is 1.94 bits per heavy atom. The maximum absolute atomic E-state index is 5.91. The predicted molar refractivity (Wildman–Crippen MR) is 136 cm³/mol. The van der Waals surface area contributed by atoms with E-state index >= 15 is 0 Å². The van der Waals surface area contributed by atoms with Gasteiger partial charge in [0.2, 0.25) is 0 Å². The monoisotopic (exact) mass is 539 g/mol. The van der Waals surface area contributed by atoms with Gasteiger partial charge in [-0.1, -0.05) is 30.3 Å². The van der Waals surface area contributed by atoms with Gasteiger partial charge in [0.05, 0.1) is 19.8 Å². The van der Waals surface area contributed by atoms with Crippen LogP contribution in [0.15, 0.2) is 59.6 Å². The summed E-state index contributed by atoms with van der Waals surface area (Å²) in [7, 11) is 0. The first-order valence-electron chi connectivity index (χ1n) is 10.8. The smallest absolute Gasteiger partial charge is 0.191 e. The molecular formula is C24H34IN3O3. The van der Waals surface area contributed by atoms with Gasteiger partial charge in [-0.3, -0.25) is 0 Å². The van der Waals surface area contributed by atoms with E-state index in [-0.39, 0.29) is 24.0 Å². The Balaban J connectivity index is 0.00000341. The summed E-state index contributed by atoms with van der Waals surface area (Å²) in [4.78, 5) is 4.69. The zero-order chi connectivity index (χ0) is 20.9. The number of ether oxygens (including phenoxy) is 3. The number of rotatable bonds is 11. The number of guanidine groups is 1. The van der Waals surface area contributed by atoms with Crippen LogP contribution in [0, 0.1) is 5.92 Å². The molecule has 2 aromatic rings. The van der Waals surface area contributed by atoms with Crippen molar-refractivity contribution in [1.82, 2.24) is 10.6 Å². The predicted octanol–water partition coefficient (Wildman–Crippen LogP) is 4.60. The second-order valence-electron chi connectivity index (χ2n) is 7.34. The van der Waals surface area contributed by atoms with Crippen LogP contribution in [0.3, 0.4) is 0 Å². The number of para-hydroxylation sites is 1. The fourth-order valence-electron chi connectivity index (χ4n) is 3.19. The fraction of sp³-hybridized carbons (Fsp3) is 0.458. The highest BCUT2D eigenvalue weighted by Crippen LogP contribution is 2.22. The van der Waals surface area contributed by atoms with Gasteiger partial charge in [0.1, 0.15) is 11.5 Å². The first kappa shape index (κ1) is 25.4. The molecule has 0 spiro atoms. The van der Waals surface area contributed by atoms with Crippen molar-refractivity contribution >= 4 is 29.9 Å². The summed E-state index contributed by atoms with van der Waals surface area (Å²) in [6, 6.07) is 17.8. The largest absolute Gasteiger partial charge is 0.457 e. The van der Waals surface area contributed by atoms with Gasteiger partial charge in [-0.2, -0.15) is 0 Å². The van der Waals surface area contributed by atoms with Gasteiger partial charge >= 0.3 is 0 Å². The Bertz CT molecular complexity index is 768. The average Bonchev–Trinajstić information content (AvgIpc) is 3.29.